The third-order valence-electron chi connectivity index (χ3n) is 5.00. The number of alkyl halides is 2. The van der Waals surface area contributed by atoms with Crippen LogP contribution >= 0.6 is 0 Å². The first-order chi connectivity index (χ1) is 14.4. The predicted molar refractivity (Wildman–Crippen MR) is 106 cm³/mol. The van der Waals surface area contributed by atoms with Crippen molar-refractivity contribution in [2.45, 2.75) is 19.4 Å². The molecule has 1 aromatic heterocycles. The second-order valence-corrected chi connectivity index (χ2v) is 6.79. The zero-order valence-corrected chi connectivity index (χ0v) is 16.2. The second kappa shape index (κ2) is 7.70. The molecule has 0 bridgehead atoms. The molecule has 0 spiro atoms. The molecule has 0 unspecified atom stereocenters. The minimum Gasteiger partial charge on any atom is -0.462 e. The molecule has 0 radical (unpaired) electrons. The Bertz CT molecular complexity index is 1080. The van der Waals surface area contributed by atoms with Gasteiger partial charge in [0.1, 0.15) is 11.3 Å². The Hall–Kier alpha value is -3.55. The minimum absolute atomic E-state index is 0.0961. The molecule has 30 heavy (non-hydrogen) atoms. The van der Waals surface area contributed by atoms with Crippen molar-refractivity contribution in [3.8, 4) is 0 Å². The SMILES string of the molecule is CCOC(=O)c1cnn2c1C(=O)N(c1ccc(C(F)(F)c3ccccc3)cc1)CC2. The van der Waals surface area contributed by atoms with E-state index in [1.807, 2.05) is 0 Å². The molecule has 0 fully saturated rings. The van der Waals surface area contributed by atoms with E-state index in [4.69, 9.17) is 4.74 Å². The number of fused-ring (bicyclic) bond motifs is 1. The van der Waals surface area contributed by atoms with Crippen LogP contribution in [0.1, 0.15) is 38.9 Å². The smallest absolute Gasteiger partial charge is 0.342 e. The number of anilines is 1. The fraction of sp³-hybridized carbons (Fsp3) is 0.227. The van der Waals surface area contributed by atoms with Crippen molar-refractivity contribution in [2.24, 2.45) is 0 Å². The molecule has 1 amide bonds. The Labute approximate surface area is 171 Å². The fourth-order valence-corrected chi connectivity index (χ4v) is 3.47. The first kappa shape index (κ1) is 19.8. The van der Waals surface area contributed by atoms with Gasteiger partial charge in [-0.3, -0.25) is 9.48 Å². The van der Waals surface area contributed by atoms with E-state index in [2.05, 4.69) is 5.10 Å². The van der Waals surface area contributed by atoms with Crippen LogP contribution in [0.25, 0.3) is 0 Å². The van der Waals surface area contributed by atoms with Gasteiger partial charge in [-0.05, 0) is 19.1 Å². The number of rotatable bonds is 5. The number of benzene rings is 2. The van der Waals surface area contributed by atoms with Gasteiger partial charge < -0.3 is 9.64 Å². The Morgan fingerprint density at radius 2 is 1.73 bits per heavy atom. The second-order valence-electron chi connectivity index (χ2n) is 6.79. The van der Waals surface area contributed by atoms with Crippen LogP contribution < -0.4 is 4.90 Å². The van der Waals surface area contributed by atoms with E-state index in [-0.39, 0.29) is 29.0 Å². The number of esters is 1. The summed E-state index contributed by atoms with van der Waals surface area (Å²) in [6.45, 7) is 2.54. The Kier molecular flexibility index (Phi) is 5.07. The van der Waals surface area contributed by atoms with E-state index in [0.29, 0.717) is 18.8 Å². The van der Waals surface area contributed by atoms with Crippen LogP contribution in [-0.4, -0.2) is 34.8 Å². The predicted octanol–water partition coefficient (Wildman–Crippen LogP) is 3.86. The monoisotopic (exact) mass is 411 g/mol. The summed E-state index contributed by atoms with van der Waals surface area (Å²) >= 11 is 0. The van der Waals surface area contributed by atoms with Crippen LogP contribution in [0.15, 0.2) is 60.8 Å². The number of carbonyl (C=O) groups is 2. The molecule has 3 aromatic rings. The molecule has 0 aliphatic carbocycles. The largest absolute Gasteiger partial charge is 0.462 e. The zero-order chi connectivity index (χ0) is 21.3. The Morgan fingerprint density at radius 1 is 1.07 bits per heavy atom. The highest BCUT2D eigenvalue weighted by atomic mass is 19.3. The van der Waals surface area contributed by atoms with Crippen LogP contribution in [-0.2, 0) is 17.2 Å². The van der Waals surface area contributed by atoms with Crippen molar-refractivity contribution in [2.75, 3.05) is 18.1 Å². The molecule has 0 saturated carbocycles. The van der Waals surface area contributed by atoms with Crippen molar-refractivity contribution in [1.82, 2.24) is 9.78 Å². The topological polar surface area (TPSA) is 64.4 Å². The Balaban J connectivity index is 1.61. The molecule has 6 nitrogen and oxygen atoms in total. The normalized spacial score (nSPS) is 13.8. The lowest BCUT2D eigenvalue weighted by Crippen LogP contribution is -2.41. The summed E-state index contributed by atoms with van der Waals surface area (Å²) < 4.78 is 36.0. The average Bonchev–Trinajstić information content (AvgIpc) is 3.20. The van der Waals surface area contributed by atoms with Crippen molar-refractivity contribution >= 4 is 17.6 Å². The first-order valence-corrected chi connectivity index (χ1v) is 9.52. The van der Waals surface area contributed by atoms with Crippen LogP contribution in [0.4, 0.5) is 14.5 Å². The van der Waals surface area contributed by atoms with E-state index < -0.39 is 17.8 Å². The summed E-state index contributed by atoms with van der Waals surface area (Å²) in [5, 5.41) is 4.09. The van der Waals surface area contributed by atoms with Gasteiger partial charge >= 0.3 is 5.97 Å². The summed E-state index contributed by atoms with van der Waals surface area (Å²) in [5.41, 5.74) is 0.431. The molecule has 4 rings (SSSR count). The lowest BCUT2D eigenvalue weighted by molar-refractivity contribution is 0.0428. The standard InChI is InChI=1S/C22H19F2N3O3/c1-2-30-21(29)18-14-25-27-13-12-26(20(28)19(18)27)17-10-8-16(9-11-17)22(23,24)15-6-4-3-5-7-15/h3-11,14H,2,12-13H2,1H3. The maximum absolute atomic E-state index is 14.8. The highest BCUT2D eigenvalue weighted by Crippen LogP contribution is 2.36. The van der Waals surface area contributed by atoms with Gasteiger partial charge in [0, 0.05) is 23.4 Å². The lowest BCUT2D eigenvalue weighted by Gasteiger charge is -2.28. The number of nitrogens with zero attached hydrogens (tertiary/aromatic N) is 3. The summed E-state index contributed by atoms with van der Waals surface area (Å²) in [6.07, 6.45) is 1.32. The third kappa shape index (κ3) is 3.34. The molecule has 0 atom stereocenters. The molecule has 1 aliphatic heterocycles. The summed E-state index contributed by atoms with van der Waals surface area (Å²) in [5.74, 6) is -4.20. The summed E-state index contributed by atoms with van der Waals surface area (Å²) in [4.78, 5) is 26.6. The molecule has 0 N–H and O–H groups in total. The molecular formula is C22H19F2N3O3. The van der Waals surface area contributed by atoms with Gasteiger partial charge in [-0.2, -0.15) is 13.9 Å². The Morgan fingerprint density at radius 3 is 2.40 bits per heavy atom. The number of aromatic nitrogens is 2. The van der Waals surface area contributed by atoms with Crippen LogP contribution in [0.5, 0.6) is 0 Å². The van der Waals surface area contributed by atoms with Crippen molar-refractivity contribution in [3.63, 3.8) is 0 Å². The number of carbonyl (C=O) groups excluding carboxylic acids is 2. The van der Waals surface area contributed by atoms with Crippen molar-refractivity contribution in [3.05, 3.63) is 83.2 Å². The number of halogens is 2. The average molecular weight is 411 g/mol. The van der Waals surface area contributed by atoms with Crippen LogP contribution in [0.2, 0.25) is 0 Å². The van der Waals surface area contributed by atoms with Gasteiger partial charge in [-0.15, -0.1) is 0 Å². The zero-order valence-electron chi connectivity index (χ0n) is 16.2. The molecule has 0 saturated heterocycles. The highest BCUT2D eigenvalue weighted by Gasteiger charge is 2.35. The number of ether oxygens (including phenoxy) is 1. The van der Waals surface area contributed by atoms with Gasteiger partial charge in [0.15, 0.2) is 0 Å². The number of hydrogen-bond donors (Lipinski definition) is 0. The number of amides is 1. The highest BCUT2D eigenvalue weighted by molar-refractivity contribution is 6.11. The third-order valence-corrected chi connectivity index (χ3v) is 5.00. The van der Waals surface area contributed by atoms with Crippen LogP contribution in [0, 0.1) is 0 Å². The summed E-state index contributed by atoms with van der Waals surface area (Å²) in [7, 11) is 0. The molecule has 8 heteroatoms. The molecule has 2 aromatic carbocycles. The van der Waals surface area contributed by atoms with E-state index >= 15 is 0 Å². The van der Waals surface area contributed by atoms with E-state index in [1.54, 1.807) is 25.1 Å². The lowest BCUT2D eigenvalue weighted by atomic mass is 10.00. The van der Waals surface area contributed by atoms with Gasteiger partial charge in [-0.25, -0.2) is 4.79 Å². The van der Waals surface area contributed by atoms with Gasteiger partial charge in [0.25, 0.3) is 11.8 Å². The van der Waals surface area contributed by atoms with Crippen molar-refractivity contribution < 1.29 is 23.1 Å². The van der Waals surface area contributed by atoms with Gasteiger partial charge in [-0.1, -0.05) is 42.5 Å². The maximum Gasteiger partial charge on any atom is 0.342 e. The summed E-state index contributed by atoms with van der Waals surface area (Å²) in [6, 6.07) is 13.2. The van der Waals surface area contributed by atoms with E-state index in [9.17, 15) is 18.4 Å². The minimum atomic E-state index is -3.15. The maximum atomic E-state index is 14.8. The van der Waals surface area contributed by atoms with Gasteiger partial charge in [0.05, 0.1) is 19.3 Å². The van der Waals surface area contributed by atoms with Gasteiger partial charge in [0.2, 0.25) is 0 Å². The molecule has 154 valence electrons. The first-order valence-electron chi connectivity index (χ1n) is 9.52. The van der Waals surface area contributed by atoms with Crippen molar-refractivity contribution in [1.29, 1.82) is 0 Å². The van der Waals surface area contributed by atoms with E-state index in [0.717, 1.165) is 0 Å². The van der Waals surface area contributed by atoms with E-state index in [1.165, 1.54) is 52.2 Å². The quantitative estimate of drug-likeness (QED) is 0.598. The molecular weight excluding hydrogens is 392 g/mol. The van der Waals surface area contributed by atoms with Crippen LogP contribution in [0.3, 0.4) is 0 Å². The molecule has 1 aliphatic rings. The molecule has 2 heterocycles. The number of hydrogen-bond acceptors (Lipinski definition) is 4. The fourth-order valence-electron chi connectivity index (χ4n) is 3.47.